The molecule has 0 aliphatic carbocycles. The van der Waals surface area contributed by atoms with Gasteiger partial charge in [0.05, 0.1) is 28.1 Å². The van der Waals surface area contributed by atoms with Crippen molar-refractivity contribution in [3.63, 3.8) is 0 Å². The molecular weight excluding hydrogens is 350 g/mol. The van der Waals surface area contributed by atoms with E-state index in [2.05, 4.69) is 20.3 Å². The number of nitrogens with zero attached hydrogens (tertiary/aromatic N) is 4. The molecule has 0 saturated carbocycles. The lowest BCUT2D eigenvalue weighted by atomic mass is 10.1. The number of pyridine rings is 1. The van der Waals surface area contributed by atoms with E-state index in [0.29, 0.717) is 24.7 Å². The molecule has 26 heavy (non-hydrogen) atoms. The summed E-state index contributed by atoms with van der Waals surface area (Å²) in [5.41, 5.74) is 2.01. The highest BCUT2D eigenvalue weighted by molar-refractivity contribution is 7.19. The van der Waals surface area contributed by atoms with Gasteiger partial charge in [0, 0.05) is 24.2 Å². The first-order valence-corrected chi connectivity index (χ1v) is 9.26. The summed E-state index contributed by atoms with van der Waals surface area (Å²) in [6.45, 7) is 4.66. The third kappa shape index (κ3) is 3.13. The van der Waals surface area contributed by atoms with Crippen LogP contribution in [-0.4, -0.2) is 50.1 Å². The lowest BCUT2D eigenvalue weighted by molar-refractivity contribution is 0.00567. The number of aromatic nitrogens is 3. The maximum absolute atomic E-state index is 12.8. The van der Waals surface area contributed by atoms with Gasteiger partial charge >= 0.3 is 0 Å². The minimum absolute atomic E-state index is 0.0952. The first-order chi connectivity index (χ1) is 12.5. The Labute approximate surface area is 154 Å². The molecule has 3 aromatic heterocycles. The van der Waals surface area contributed by atoms with Crippen molar-refractivity contribution in [2.45, 2.75) is 26.0 Å². The molecule has 1 fully saturated rings. The molecule has 134 valence electrons. The molecule has 0 bridgehead atoms. The molecule has 7 nitrogen and oxygen atoms in total. The standard InChI is InChI=1S/C18H19N5O2S/c1-10-7-14-16(26-10)15(17(25)23-8-12(24)9-23)22-18(21-14)20-11(2)13-5-3-4-6-19-13/h3-7,11-12,24H,8-9H2,1-2H3,(H,20,21,22). The molecule has 1 atom stereocenters. The van der Waals surface area contributed by atoms with Gasteiger partial charge in [-0.25, -0.2) is 9.97 Å². The van der Waals surface area contributed by atoms with Crippen LogP contribution in [0.15, 0.2) is 30.5 Å². The molecule has 8 heteroatoms. The number of rotatable bonds is 4. The molecule has 1 amide bonds. The maximum Gasteiger partial charge on any atom is 0.274 e. The number of fused-ring (bicyclic) bond motifs is 1. The summed E-state index contributed by atoms with van der Waals surface area (Å²) in [6, 6.07) is 7.59. The average molecular weight is 369 g/mol. The highest BCUT2D eigenvalue weighted by Crippen LogP contribution is 2.29. The van der Waals surface area contributed by atoms with Crippen LogP contribution in [0.5, 0.6) is 0 Å². The Bertz CT molecular complexity index is 953. The van der Waals surface area contributed by atoms with Crippen molar-refractivity contribution in [2.75, 3.05) is 18.4 Å². The van der Waals surface area contributed by atoms with Gasteiger partial charge in [0.25, 0.3) is 5.91 Å². The molecular formula is C18H19N5O2S. The predicted molar refractivity (Wildman–Crippen MR) is 100 cm³/mol. The van der Waals surface area contributed by atoms with Crippen LogP contribution in [0.1, 0.15) is 34.0 Å². The zero-order valence-electron chi connectivity index (χ0n) is 14.5. The summed E-state index contributed by atoms with van der Waals surface area (Å²) in [5.74, 6) is 0.232. The van der Waals surface area contributed by atoms with E-state index >= 15 is 0 Å². The molecule has 4 heterocycles. The molecule has 2 N–H and O–H groups in total. The zero-order chi connectivity index (χ0) is 18.3. The van der Waals surface area contributed by atoms with Crippen LogP contribution in [0.2, 0.25) is 0 Å². The van der Waals surface area contributed by atoms with Crippen molar-refractivity contribution in [3.8, 4) is 0 Å². The number of aryl methyl sites for hydroxylation is 1. The van der Waals surface area contributed by atoms with Crippen LogP contribution in [-0.2, 0) is 0 Å². The van der Waals surface area contributed by atoms with Gasteiger partial charge in [0.2, 0.25) is 5.95 Å². The number of hydrogen-bond donors (Lipinski definition) is 2. The SMILES string of the molecule is Cc1cc2nc(NC(C)c3ccccn3)nc(C(=O)N3CC(O)C3)c2s1. The second-order valence-electron chi connectivity index (χ2n) is 6.45. The molecule has 1 saturated heterocycles. The van der Waals surface area contributed by atoms with Crippen LogP contribution in [0.25, 0.3) is 10.2 Å². The van der Waals surface area contributed by atoms with E-state index in [4.69, 9.17) is 0 Å². The van der Waals surface area contributed by atoms with Crippen molar-refractivity contribution >= 4 is 33.4 Å². The van der Waals surface area contributed by atoms with E-state index in [0.717, 1.165) is 20.8 Å². The number of thiophene rings is 1. The van der Waals surface area contributed by atoms with E-state index in [1.807, 2.05) is 38.1 Å². The first kappa shape index (κ1) is 16.9. The van der Waals surface area contributed by atoms with Crippen LogP contribution in [0, 0.1) is 6.92 Å². The minimum atomic E-state index is -0.442. The number of nitrogens with one attached hydrogen (secondary N) is 1. The summed E-state index contributed by atoms with van der Waals surface area (Å²) in [6.07, 6.45) is 1.30. The predicted octanol–water partition coefficient (Wildman–Crippen LogP) is 2.38. The lowest BCUT2D eigenvalue weighted by Gasteiger charge is -2.35. The van der Waals surface area contributed by atoms with Gasteiger partial charge in [-0.3, -0.25) is 9.78 Å². The fourth-order valence-corrected chi connectivity index (χ4v) is 3.86. The number of aliphatic hydroxyl groups is 1. The van der Waals surface area contributed by atoms with E-state index in [9.17, 15) is 9.90 Å². The molecule has 1 aliphatic heterocycles. The number of likely N-dealkylation sites (tertiary alicyclic amines) is 1. The van der Waals surface area contributed by atoms with Gasteiger partial charge in [0.15, 0.2) is 5.69 Å². The fraction of sp³-hybridized carbons (Fsp3) is 0.333. The topological polar surface area (TPSA) is 91.2 Å². The fourth-order valence-electron chi connectivity index (χ4n) is 2.93. The van der Waals surface area contributed by atoms with Gasteiger partial charge < -0.3 is 15.3 Å². The molecule has 0 spiro atoms. The Balaban J connectivity index is 1.68. The van der Waals surface area contributed by atoms with Crippen LogP contribution < -0.4 is 5.32 Å². The van der Waals surface area contributed by atoms with E-state index in [1.54, 1.807) is 11.1 Å². The Morgan fingerprint density at radius 3 is 2.88 bits per heavy atom. The molecule has 3 aromatic rings. The Hall–Kier alpha value is -2.58. The molecule has 1 aliphatic rings. The second kappa shape index (κ2) is 6.62. The van der Waals surface area contributed by atoms with Gasteiger partial charge in [-0.15, -0.1) is 11.3 Å². The quantitative estimate of drug-likeness (QED) is 0.734. The zero-order valence-corrected chi connectivity index (χ0v) is 15.3. The number of amides is 1. The monoisotopic (exact) mass is 369 g/mol. The van der Waals surface area contributed by atoms with Crippen molar-refractivity contribution in [1.29, 1.82) is 0 Å². The summed E-state index contributed by atoms with van der Waals surface area (Å²) < 4.78 is 0.782. The van der Waals surface area contributed by atoms with E-state index < -0.39 is 6.10 Å². The average Bonchev–Trinajstić information content (AvgIpc) is 2.98. The number of β-amino-alcohol motifs (C(OH)–C–C–N with tert-alkyl or cyclic N) is 1. The van der Waals surface area contributed by atoms with Crippen LogP contribution >= 0.6 is 11.3 Å². The third-order valence-corrected chi connectivity index (χ3v) is 5.37. The molecule has 4 rings (SSSR count). The Morgan fingerprint density at radius 1 is 1.38 bits per heavy atom. The van der Waals surface area contributed by atoms with E-state index in [-0.39, 0.29) is 11.9 Å². The molecule has 0 radical (unpaired) electrons. The van der Waals surface area contributed by atoms with Gasteiger partial charge in [-0.05, 0) is 32.0 Å². The maximum atomic E-state index is 12.8. The Kier molecular flexibility index (Phi) is 4.29. The summed E-state index contributed by atoms with van der Waals surface area (Å²) in [7, 11) is 0. The Morgan fingerprint density at radius 2 is 2.19 bits per heavy atom. The highest BCUT2D eigenvalue weighted by atomic mass is 32.1. The van der Waals surface area contributed by atoms with Crippen LogP contribution in [0.4, 0.5) is 5.95 Å². The normalized spacial score (nSPS) is 15.7. The number of hydrogen-bond acceptors (Lipinski definition) is 7. The number of carbonyl (C=O) groups is 1. The summed E-state index contributed by atoms with van der Waals surface area (Å²) in [5, 5.41) is 12.7. The van der Waals surface area contributed by atoms with E-state index in [1.165, 1.54) is 11.3 Å². The van der Waals surface area contributed by atoms with Gasteiger partial charge in [0.1, 0.15) is 0 Å². The first-order valence-electron chi connectivity index (χ1n) is 8.44. The molecule has 0 aromatic carbocycles. The lowest BCUT2D eigenvalue weighted by Crippen LogP contribution is -2.53. The number of anilines is 1. The molecule has 1 unspecified atom stereocenters. The summed E-state index contributed by atoms with van der Waals surface area (Å²) >= 11 is 1.51. The third-order valence-electron chi connectivity index (χ3n) is 4.32. The van der Waals surface area contributed by atoms with Crippen molar-refractivity contribution in [1.82, 2.24) is 19.9 Å². The largest absolute Gasteiger partial charge is 0.389 e. The van der Waals surface area contributed by atoms with Gasteiger partial charge in [-0.2, -0.15) is 0 Å². The van der Waals surface area contributed by atoms with Gasteiger partial charge in [-0.1, -0.05) is 6.07 Å². The van der Waals surface area contributed by atoms with Crippen molar-refractivity contribution < 1.29 is 9.90 Å². The number of aliphatic hydroxyl groups excluding tert-OH is 1. The van der Waals surface area contributed by atoms with Crippen LogP contribution in [0.3, 0.4) is 0 Å². The van der Waals surface area contributed by atoms with Crippen molar-refractivity contribution in [2.24, 2.45) is 0 Å². The summed E-state index contributed by atoms with van der Waals surface area (Å²) in [4.78, 5) is 28.9. The minimum Gasteiger partial charge on any atom is -0.389 e. The van der Waals surface area contributed by atoms with Crippen molar-refractivity contribution in [3.05, 3.63) is 46.7 Å². The second-order valence-corrected chi connectivity index (χ2v) is 7.71. The number of carbonyl (C=O) groups excluding carboxylic acids is 1. The highest BCUT2D eigenvalue weighted by Gasteiger charge is 2.32. The smallest absolute Gasteiger partial charge is 0.274 e.